The number of nitrogens with one attached hydrogen (secondary N) is 1. The molecule has 1 aliphatic rings. The molecular weight excluding hydrogens is 464 g/mol. The van der Waals surface area contributed by atoms with Crippen LogP contribution in [0, 0.1) is 0 Å². The quantitative estimate of drug-likeness (QED) is 0.423. The maximum Gasteiger partial charge on any atom is 0.220 e. The highest BCUT2D eigenvalue weighted by atomic mass is 79.9. The largest absolute Gasteiger partial charge is 0.363 e. The van der Waals surface area contributed by atoms with E-state index in [0.29, 0.717) is 13.1 Å². The molecule has 4 aromatic rings. The summed E-state index contributed by atoms with van der Waals surface area (Å²) in [7, 11) is 0. The first kappa shape index (κ1) is 20.8. The number of aromatic nitrogens is 2. The fourth-order valence-electron chi connectivity index (χ4n) is 4.66. The number of hydrogen-bond acceptors (Lipinski definition) is 3. The molecule has 3 aromatic carbocycles. The first-order valence-electron chi connectivity index (χ1n) is 10.8. The van der Waals surface area contributed by atoms with E-state index < -0.39 is 0 Å². The summed E-state index contributed by atoms with van der Waals surface area (Å²) < 4.78 is 1.02. The molecule has 0 spiro atoms. The van der Waals surface area contributed by atoms with Gasteiger partial charge in [0.15, 0.2) is 0 Å². The van der Waals surface area contributed by atoms with Gasteiger partial charge in [0.2, 0.25) is 5.91 Å². The van der Waals surface area contributed by atoms with E-state index >= 15 is 0 Å². The number of halogens is 1. The third-order valence-corrected chi connectivity index (χ3v) is 6.69. The highest BCUT2D eigenvalue weighted by Crippen LogP contribution is 2.32. The highest BCUT2D eigenvalue weighted by Gasteiger charge is 2.30. The van der Waals surface area contributed by atoms with Gasteiger partial charge in [-0.2, -0.15) is 0 Å². The Morgan fingerprint density at radius 1 is 1.12 bits per heavy atom. The summed E-state index contributed by atoms with van der Waals surface area (Å²) in [5.74, 6) is 0.102. The molecule has 1 N–H and O–H groups in total. The van der Waals surface area contributed by atoms with Crippen molar-refractivity contribution in [3.8, 4) is 0 Å². The molecule has 0 bridgehead atoms. The van der Waals surface area contributed by atoms with Crippen LogP contribution in [0.4, 0.5) is 5.69 Å². The van der Waals surface area contributed by atoms with E-state index in [2.05, 4.69) is 91.5 Å². The molecule has 162 valence electrons. The number of carbonyl (C=O) groups excluding carboxylic acids is 1. The molecule has 1 aromatic heterocycles. The predicted molar refractivity (Wildman–Crippen MR) is 131 cm³/mol. The van der Waals surface area contributed by atoms with E-state index in [-0.39, 0.29) is 11.9 Å². The topological polar surface area (TPSA) is 52.2 Å². The molecule has 6 heteroatoms. The molecule has 0 radical (unpaired) electrons. The van der Waals surface area contributed by atoms with Crippen LogP contribution < -0.4 is 4.90 Å². The highest BCUT2D eigenvalue weighted by molar-refractivity contribution is 9.10. The van der Waals surface area contributed by atoms with E-state index in [1.807, 2.05) is 11.1 Å². The van der Waals surface area contributed by atoms with Crippen LogP contribution in [0.5, 0.6) is 0 Å². The first-order chi connectivity index (χ1) is 15.6. The van der Waals surface area contributed by atoms with Crippen LogP contribution in [0.2, 0.25) is 0 Å². The van der Waals surface area contributed by atoms with E-state index in [1.54, 1.807) is 13.3 Å². The van der Waals surface area contributed by atoms with Crippen molar-refractivity contribution in [1.29, 1.82) is 0 Å². The van der Waals surface area contributed by atoms with Crippen LogP contribution in [-0.4, -0.2) is 33.4 Å². The van der Waals surface area contributed by atoms with E-state index in [0.717, 1.165) is 34.4 Å². The Morgan fingerprint density at radius 2 is 1.97 bits per heavy atom. The Kier molecular flexibility index (Phi) is 5.70. The lowest BCUT2D eigenvalue weighted by molar-refractivity contribution is -0.131. The van der Waals surface area contributed by atoms with Gasteiger partial charge >= 0.3 is 0 Å². The number of hydrogen-bond donors (Lipinski definition) is 1. The number of carbonyl (C=O) groups is 1. The van der Waals surface area contributed by atoms with Crippen LogP contribution >= 0.6 is 15.9 Å². The van der Waals surface area contributed by atoms with Crippen LogP contribution in [0.3, 0.4) is 0 Å². The Bertz CT molecular complexity index is 1250. The van der Waals surface area contributed by atoms with Gasteiger partial charge in [-0.25, -0.2) is 4.98 Å². The zero-order valence-corrected chi connectivity index (χ0v) is 19.5. The van der Waals surface area contributed by atoms with Crippen molar-refractivity contribution < 1.29 is 4.79 Å². The minimum absolute atomic E-state index is 0.0581. The number of aromatic amines is 1. The summed E-state index contributed by atoms with van der Waals surface area (Å²) in [4.78, 5) is 24.6. The zero-order valence-electron chi connectivity index (χ0n) is 18.0. The number of fused-ring (bicyclic) bond motifs is 2. The van der Waals surface area contributed by atoms with Gasteiger partial charge in [0.1, 0.15) is 0 Å². The summed E-state index contributed by atoms with van der Waals surface area (Å²) in [6.07, 6.45) is 4.38. The fraction of sp³-hybridized carbons (Fsp3) is 0.231. The lowest BCUT2D eigenvalue weighted by Crippen LogP contribution is -2.44. The van der Waals surface area contributed by atoms with Crippen molar-refractivity contribution in [2.45, 2.75) is 32.5 Å². The van der Waals surface area contributed by atoms with E-state index in [1.165, 1.54) is 16.3 Å². The fourth-order valence-corrected chi connectivity index (χ4v) is 5.07. The average Bonchev–Trinajstić information content (AvgIpc) is 3.24. The normalized spacial score (nSPS) is 16.1. The van der Waals surface area contributed by atoms with E-state index in [9.17, 15) is 4.79 Å². The third-order valence-electron chi connectivity index (χ3n) is 6.20. The number of benzene rings is 3. The average molecular weight is 489 g/mol. The van der Waals surface area contributed by atoms with Crippen molar-refractivity contribution in [3.05, 3.63) is 94.5 Å². The Balaban J connectivity index is 1.51. The van der Waals surface area contributed by atoms with Crippen molar-refractivity contribution in [2.75, 3.05) is 11.4 Å². The molecule has 1 aliphatic heterocycles. The molecule has 5 nitrogen and oxygen atoms in total. The Hall–Kier alpha value is -3.12. The summed E-state index contributed by atoms with van der Waals surface area (Å²) in [5.41, 5.74) is 4.61. The number of nitrogens with zero attached hydrogens (tertiary/aromatic N) is 3. The van der Waals surface area contributed by atoms with Gasteiger partial charge in [-0.15, -0.1) is 0 Å². The molecule has 0 unspecified atom stereocenters. The second kappa shape index (κ2) is 8.79. The molecule has 5 rings (SSSR count). The molecule has 1 atom stereocenters. The maximum absolute atomic E-state index is 12.8. The van der Waals surface area contributed by atoms with Gasteiger partial charge in [-0.1, -0.05) is 58.4 Å². The molecule has 1 amide bonds. The van der Waals surface area contributed by atoms with Crippen LogP contribution in [0.15, 0.2) is 77.7 Å². The molecular formula is C26H25BrN4O. The predicted octanol–water partition coefficient (Wildman–Crippen LogP) is 5.31. The summed E-state index contributed by atoms with van der Waals surface area (Å²) in [6.45, 7) is 3.74. The molecule has 0 saturated heterocycles. The molecule has 0 saturated carbocycles. The zero-order chi connectivity index (χ0) is 22.1. The molecule has 2 heterocycles. The molecule has 0 aliphatic carbocycles. The standard InChI is InChI=1S/C26H25BrN4O/c1-18(32)31-14-22-12-23(27)8-9-26(22)30(15-24-13-28-17-29-24)16-25(31)11-19-6-7-20-4-2-3-5-21(20)10-19/h2-10,12-13,17,25H,11,14-16H2,1H3,(H,28,29)/t25-/m1/s1. The number of imidazole rings is 1. The minimum atomic E-state index is 0.0581. The number of anilines is 1. The first-order valence-corrected chi connectivity index (χ1v) is 11.6. The second-order valence-electron chi connectivity index (χ2n) is 8.42. The van der Waals surface area contributed by atoms with Crippen LogP contribution in [0.1, 0.15) is 23.7 Å². The third kappa shape index (κ3) is 4.28. The van der Waals surface area contributed by atoms with Crippen molar-refractivity contribution in [1.82, 2.24) is 14.9 Å². The number of rotatable bonds is 4. The minimum Gasteiger partial charge on any atom is -0.363 e. The lowest BCUT2D eigenvalue weighted by Gasteiger charge is -2.32. The van der Waals surface area contributed by atoms with Crippen molar-refractivity contribution >= 4 is 38.3 Å². The number of amides is 1. The second-order valence-corrected chi connectivity index (χ2v) is 9.33. The van der Waals surface area contributed by atoms with Gasteiger partial charge in [0, 0.05) is 36.4 Å². The lowest BCUT2D eigenvalue weighted by atomic mass is 10.0. The van der Waals surface area contributed by atoms with Gasteiger partial charge in [-0.3, -0.25) is 4.79 Å². The SMILES string of the molecule is CC(=O)N1Cc2cc(Br)ccc2N(Cc2cnc[nH]2)C[C@H]1Cc1ccc2ccccc2c1. The smallest absolute Gasteiger partial charge is 0.220 e. The Morgan fingerprint density at radius 3 is 2.75 bits per heavy atom. The summed E-state index contributed by atoms with van der Waals surface area (Å²) >= 11 is 3.61. The Labute approximate surface area is 196 Å². The van der Waals surface area contributed by atoms with Crippen molar-refractivity contribution in [2.24, 2.45) is 0 Å². The van der Waals surface area contributed by atoms with Crippen LogP contribution in [-0.2, 0) is 24.3 Å². The maximum atomic E-state index is 12.8. The number of H-pyrrole nitrogens is 1. The monoisotopic (exact) mass is 488 g/mol. The van der Waals surface area contributed by atoms with E-state index in [4.69, 9.17) is 0 Å². The van der Waals surface area contributed by atoms with Gasteiger partial charge < -0.3 is 14.8 Å². The van der Waals surface area contributed by atoms with Gasteiger partial charge in [0.05, 0.1) is 24.6 Å². The van der Waals surface area contributed by atoms with Crippen molar-refractivity contribution in [3.63, 3.8) is 0 Å². The van der Waals surface area contributed by atoms with Gasteiger partial charge in [0.25, 0.3) is 0 Å². The molecule has 32 heavy (non-hydrogen) atoms. The summed E-state index contributed by atoms with van der Waals surface area (Å²) in [5, 5.41) is 2.47. The van der Waals surface area contributed by atoms with Crippen LogP contribution in [0.25, 0.3) is 10.8 Å². The summed E-state index contributed by atoms with van der Waals surface area (Å²) in [6, 6.07) is 21.4. The van der Waals surface area contributed by atoms with Gasteiger partial charge in [-0.05, 0) is 46.5 Å². The molecule has 0 fully saturated rings.